The molecule has 1 saturated heterocycles. The molecule has 5 nitrogen and oxygen atoms in total. The number of hydrogen-bond acceptors (Lipinski definition) is 5. The van der Waals surface area contributed by atoms with Crippen molar-refractivity contribution < 1.29 is 24.1 Å². The lowest BCUT2D eigenvalue weighted by atomic mass is 9.78. The van der Waals surface area contributed by atoms with Gasteiger partial charge in [-0.25, -0.2) is 4.79 Å². The molecule has 90 valence electrons. The van der Waals surface area contributed by atoms with Gasteiger partial charge in [0.25, 0.3) is 0 Å². The lowest BCUT2D eigenvalue weighted by Crippen LogP contribution is -2.43. The van der Waals surface area contributed by atoms with E-state index in [2.05, 4.69) is 4.74 Å². The fraction of sp³-hybridized carbons (Fsp3) is 0.727. The molecule has 0 aliphatic carbocycles. The first-order valence-electron chi connectivity index (χ1n) is 5.23. The molecule has 0 saturated carbocycles. The minimum Gasteiger partial charge on any atom is -0.472 e. The van der Waals surface area contributed by atoms with Crippen LogP contribution in [-0.4, -0.2) is 36.7 Å². The number of aliphatic hydroxyl groups is 1. The minimum atomic E-state index is -0.934. The highest BCUT2D eigenvalue weighted by Gasteiger charge is 2.52. The predicted octanol–water partition coefficient (Wildman–Crippen LogP) is 0.433. The fourth-order valence-electron chi connectivity index (χ4n) is 2.45. The van der Waals surface area contributed by atoms with E-state index in [-0.39, 0.29) is 11.8 Å². The Bertz CT molecular complexity index is 333. The maximum absolute atomic E-state index is 11.5. The number of aliphatic hydroxyl groups excluding tert-OH is 1. The largest absolute Gasteiger partial charge is 0.472 e. The van der Waals surface area contributed by atoms with Crippen molar-refractivity contribution in [3.8, 4) is 0 Å². The molecular weight excluding hydrogens is 212 g/mol. The van der Waals surface area contributed by atoms with Crippen molar-refractivity contribution in [2.75, 3.05) is 13.7 Å². The van der Waals surface area contributed by atoms with Gasteiger partial charge < -0.3 is 19.3 Å². The molecule has 2 aliphatic rings. The van der Waals surface area contributed by atoms with Gasteiger partial charge in [0.15, 0.2) is 0 Å². The third-order valence-electron chi connectivity index (χ3n) is 3.33. The first-order valence-corrected chi connectivity index (χ1v) is 5.23. The summed E-state index contributed by atoms with van der Waals surface area (Å²) in [5.74, 6) is -0.832. The smallest absolute Gasteiger partial charge is 0.337 e. The SMILES string of the molecule is COC(=O)C1=COC(O)C2C1COC2(C)C. The van der Waals surface area contributed by atoms with E-state index in [0.717, 1.165) is 0 Å². The molecule has 0 amide bonds. The lowest BCUT2D eigenvalue weighted by Gasteiger charge is -2.35. The second kappa shape index (κ2) is 3.75. The van der Waals surface area contributed by atoms with E-state index in [1.165, 1.54) is 13.4 Å². The Kier molecular flexibility index (Phi) is 2.67. The van der Waals surface area contributed by atoms with Crippen LogP contribution in [-0.2, 0) is 19.0 Å². The first-order chi connectivity index (χ1) is 7.47. The van der Waals surface area contributed by atoms with Crippen LogP contribution in [0.2, 0.25) is 0 Å². The minimum absolute atomic E-state index is 0.161. The van der Waals surface area contributed by atoms with Crippen LogP contribution >= 0.6 is 0 Å². The summed E-state index contributed by atoms with van der Waals surface area (Å²) in [5.41, 5.74) is -0.0687. The van der Waals surface area contributed by atoms with Crippen LogP contribution in [0.4, 0.5) is 0 Å². The molecular formula is C11H16O5. The van der Waals surface area contributed by atoms with Gasteiger partial charge in [-0.15, -0.1) is 0 Å². The van der Waals surface area contributed by atoms with Crippen molar-refractivity contribution in [3.63, 3.8) is 0 Å². The molecule has 0 spiro atoms. The zero-order chi connectivity index (χ0) is 11.9. The quantitative estimate of drug-likeness (QED) is 0.659. The molecule has 2 heterocycles. The van der Waals surface area contributed by atoms with Gasteiger partial charge in [-0.2, -0.15) is 0 Å². The molecule has 16 heavy (non-hydrogen) atoms. The van der Waals surface area contributed by atoms with E-state index < -0.39 is 17.9 Å². The van der Waals surface area contributed by atoms with Crippen LogP contribution in [0.3, 0.4) is 0 Å². The molecule has 0 aromatic heterocycles. The summed E-state index contributed by atoms with van der Waals surface area (Å²) >= 11 is 0. The Hall–Kier alpha value is -1.07. The van der Waals surface area contributed by atoms with Crippen molar-refractivity contribution >= 4 is 5.97 Å². The average Bonchev–Trinajstić information content (AvgIpc) is 2.55. The standard InChI is InChI=1S/C11H16O5/c1-11(2)8-6(5-16-11)7(9(12)14-3)4-15-10(8)13/h4,6,8,10,13H,5H2,1-3H3. The number of methoxy groups -OCH3 is 1. The molecule has 1 N–H and O–H groups in total. The molecule has 0 bridgehead atoms. The number of rotatable bonds is 1. The zero-order valence-electron chi connectivity index (χ0n) is 9.60. The number of carbonyl (C=O) groups excluding carboxylic acids is 1. The molecule has 0 radical (unpaired) electrons. The van der Waals surface area contributed by atoms with E-state index in [9.17, 15) is 9.90 Å². The molecule has 2 aliphatic heterocycles. The van der Waals surface area contributed by atoms with Gasteiger partial charge in [0.2, 0.25) is 6.29 Å². The topological polar surface area (TPSA) is 65.0 Å². The van der Waals surface area contributed by atoms with Crippen LogP contribution in [0.25, 0.3) is 0 Å². The normalized spacial score (nSPS) is 36.0. The van der Waals surface area contributed by atoms with Crippen LogP contribution in [0.15, 0.2) is 11.8 Å². The molecule has 1 fully saturated rings. The molecule has 2 rings (SSSR count). The van der Waals surface area contributed by atoms with Gasteiger partial charge in [-0.05, 0) is 13.8 Å². The van der Waals surface area contributed by atoms with Gasteiger partial charge >= 0.3 is 5.97 Å². The Labute approximate surface area is 94.0 Å². The van der Waals surface area contributed by atoms with Gasteiger partial charge in [0.1, 0.15) is 0 Å². The van der Waals surface area contributed by atoms with Gasteiger partial charge in [-0.1, -0.05) is 0 Å². The fourth-order valence-corrected chi connectivity index (χ4v) is 2.45. The van der Waals surface area contributed by atoms with Crippen molar-refractivity contribution in [2.24, 2.45) is 11.8 Å². The summed E-state index contributed by atoms with van der Waals surface area (Å²) in [6, 6.07) is 0. The maximum Gasteiger partial charge on any atom is 0.337 e. The monoisotopic (exact) mass is 228 g/mol. The van der Waals surface area contributed by atoms with Crippen molar-refractivity contribution in [1.29, 1.82) is 0 Å². The van der Waals surface area contributed by atoms with Crippen molar-refractivity contribution in [3.05, 3.63) is 11.8 Å². The number of hydrogen-bond donors (Lipinski definition) is 1. The van der Waals surface area contributed by atoms with Crippen LogP contribution in [0, 0.1) is 11.8 Å². The molecule has 0 aromatic carbocycles. The third kappa shape index (κ3) is 1.60. The summed E-state index contributed by atoms with van der Waals surface area (Å²) in [6.07, 6.45) is 0.346. The molecule has 5 heteroatoms. The summed E-state index contributed by atoms with van der Waals surface area (Å²) in [4.78, 5) is 11.5. The molecule has 3 unspecified atom stereocenters. The third-order valence-corrected chi connectivity index (χ3v) is 3.33. The summed E-state index contributed by atoms with van der Waals surface area (Å²) in [6.45, 7) is 4.16. The summed E-state index contributed by atoms with van der Waals surface area (Å²) in [7, 11) is 1.32. The van der Waals surface area contributed by atoms with Gasteiger partial charge in [-0.3, -0.25) is 0 Å². The Morgan fingerprint density at radius 3 is 2.94 bits per heavy atom. The number of ether oxygens (including phenoxy) is 3. The molecule has 0 aromatic rings. The second-order valence-corrected chi connectivity index (χ2v) is 4.64. The van der Waals surface area contributed by atoms with Crippen LogP contribution < -0.4 is 0 Å². The Morgan fingerprint density at radius 1 is 1.62 bits per heavy atom. The van der Waals surface area contributed by atoms with E-state index in [0.29, 0.717) is 12.2 Å². The van der Waals surface area contributed by atoms with Gasteiger partial charge in [0, 0.05) is 5.92 Å². The average molecular weight is 228 g/mol. The number of fused-ring (bicyclic) bond motifs is 1. The first kappa shape index (κ1) is 11.4. The van der Waals surface area contributed by atoms with Gasteiger partial charge in [0.05, 0.1) is 37.1 Å². The molecule has 3 atom stereocenters. The van der Waals surface area contributed by atoms with Crippen LogP contribution in [0.1, 0.15) is 13.8 Å². The van der Waals surface area contributed by atoms with Crippen LogP contribution in [0.5, 0.6) is 0 Å². The van der Waals surface area contributed by atoms with E-state index >= 15 is 0 Å². The van der Waals surface area contributed by atoms with E-state index in [1.807, 2.05) is 13.8 Å². The summed E-state index contributed by atoms with van der Waals surface area (Å²) in [5, 5.41) is 9.79. The highest BCUT2D eigenvalue weighted by atomic mass is 16.6. The Balaban J connectivity index is 2.30. The zero-order valence-corrected chi connectivity index (χ0v) is 9.60. The number of carbonyl (C=O) groups is 1. The highest BCUT2D eigenvalue weighted by molar-refractivity contribution is 5.89. The van der Waals surface area contributed by atoms with Crippen molar-refractivity contribution in [1.82, 2.24) is 0 Å². The van der Waals surface area contributed by atoms with Crippen molar-refractivity contribution in [2.45, 2.75) is 25.7 Å². The predicted molar refractivity (Wildman–Crippen MR) is 54.2 cm³/mol. The Morgan fingerprint density at radius 2 is 2.31 bits per heavy atom. The summed E-state index contributed by atoms with van der Waals surface area (Å²) < 4.78 is 15.3. The van der Waals surface area contributed by atoms with E-state index in [4.69, 9.17) is 9.47 Å². The maximum atomic E-state index is 11.5. The highest BCUT2D eigenvalue weighted by Crippen LogP contribution is 2.44. The second-order valence-electron chi connectivity index (χ2n) is 4.64. The number of esters is 1. The lowest BCUT2D eigenvalue weighted by molar-refractivity contribution is -0.151. The van der Waals surface area contributed by atoms with E-state index in [1.54, 1.807) is 0 Å².